The molecule has 3 aromatic rings. The van der Waals surface area contributed by atoms with Gasteiger partial charge in [-0.3, -0.25) is 18.9 Å². The number of imidazole rings is 1. The number of aromatic nitrogens is 3. The van der Waals surface area contributed by atoms with E-state index in [4.69, 9.17) is 4.98 Å². The zero-order valence-corrected chi connectivity index (χ0v) is 22.6. The molecule has 1 N–H and O–H groups in total. The van der Waals surface area contributed by atoms with Crippen LogP contribution in [0.2, 0.25) is 0 Å². The number of hydrogen-bond acceptors (Lipinski definition) is 4. The lowest BCUT2D eigenvalue weighted by Gasteiger charge is -2.28. The van der Waals surface area contributed by atoms with Crippen molar-refractivity contribution >= 4 is 23.3 Å². The van der Waals surface area contributed by atoms with Crippen LogP contribution in [0.5, 0.6) is 0 Å². The SMILES string of the molecule is C=CC=C(C=NC)C(=O)NC(C)(C)c1ccc(C)c(-c2ccc3c(n2)n(C)c(=O)n3CC(C)(C)C)c1. The van der Waals surface area contributed by atoms with Gasteiger partial charge < -0.3 is 5.32 Å². The molecule has 1 aromatic carbocycles. The first-order valence-corrected chi connectivity index (χ1v) is 12.0. The molecule has 36 heavy (non-hydrogen) atoms. The number of rotatable bonds is 7. The molecule has 0 spiro atoms. The van der Waals surface area contributed by atoms with Crippen molar-refractivity contribution in [3.63, 3.8) is 0 Å². The van der Waals surface area contributed by atoms with E-state index in [1.165, 1.54) is 6.21 Å². The predicted molar refractivity (Wildman–Crippen MR) is 148 cm³/mol. The lowest BCUT2D eigenvalue weighted by Crippen LogP contribution is -2.42. The third-order valence-electron chi connectivity index (χ3n) is 6.10. The van der Waals surface area contributed by atoms with Gasteiger partial charge in [-0.25, -0.2) is 9.78 Å². The minimum Gasteiger partial charge on any atom is -0.343 e. The fourth-order valence-corrected chi connectivity index (χ4v) is 4.21. The Labute approximate surface area is 213 Å². The van der Waals surface area contributed by atoms with Gasteiger partial charge in [-0.2, -0.15) is 0 Å². The van der Waals surface area contributed by atoms with Crippen LogP contribution in [0.15, 0.2) is 64.4 Å². The zero-order valence-electron chi connectivity index (χ0n) is 22.6. The van der Waals surface area contributed by atoms with Crippen LogP contribution in [-0.4, -0.2) is 33.3 Å². The molecule has 0 saturated heterocycles. The van der Waals surface area contributed by atoms with Crippen LogP contribution in [0, 0.1) is 12.3 Å². The first-order valence-electron chi connectivity index (χ1n) is 12.0. The summed E-state index contributed by atoms with van der Waals surface area (Å²) in [5.41, 5.74) is 4.84. The van der Waals surface area contributed by atoms with Gasteiger partial charge in [0.2, 0.25) is 0 Å². The Morgan fingerprint density at radius 3 is 2.47 bits per heavy atom. The van der Waals surface area contributed by atoms with Crippen LogP contribution in [0.25, 0.3) is 22.4 Å². The summed E-state index contributed by atoms with van der Waals surface area (Å²) in [6, 6.07) is 10.0. The number of pyridine rings is 1. The molecule has 7 nitrogen and oxygen atoms in total. The van der Waals surface area contributed by atoms with Crippen molar-refractivity contribution in [1.29, 1.82) is 0 Å². The topological polar surface area (TPSA) is 81.3 Å². The number of carbonyl (C=O) groups excluding carboxylic acids is 1. The number of aryl methyl sites for hydroxylation is 2. The summed E-state index contributed by atoms with van der Waals surface area (Å²) in [5.74, 6) is -0.234. The molecule has 2 aromatic heterocycles. The number of nitrogens with one attached hydrogen (secondary N) is 1. The van der Waals surface area contributed by atoms with Gasteiger partial charge in [0, 0.05) is 32.4 Å². The van der Waals surface area contributed by atoms with Crippen molar-refractivity contribution in [2.45, 2.75) is 53.6 Å². The van der Waals surface area contributed by atoms with Crippen molar-refractivity contribution < 1.29 is 4.79 Å². The lowest BCUT2D eigenvalue weighted by molar-refractivity contribution is -0.118. The van der Waals surface area contributed by atoms with Gasteiger partial charge in [-0.1, -0.05) is 45.6 Å². The van der Waals surface area contributed by atoms with Gasteiger partial charge >= 0.3 is 5.69 Å². The number of hydrogen-bond donors (Lipinski definition) is 1. The first kappa shape index (κ1) is 26.9. The normalized spacial score (nSPS) is 12.9. The molecule has 0 radical (unpaired) electrons. The molecular weight excluding hydrogens is 450 g/mol. The average Bonchev–Trinajstić information content (AvgIpc) is 3.02. The second kappa shape index (κ2) is 10.1. The van der Waals surface area contributed by atoms with Gasteiger partial charge in [0.15, 0.2) is 5.65 Å². The van der Waals surface area contributed by atoms with E-state index in [2.05, 4.69) is 43.7 Å². The third-order valence-corrected chi connectivity index (χ3v) is 6.10. The van der Waals surface area contributed by atoms with Crippen LogP contribution in [-0.2, 0) is 23.9 Å². The standard InChI is InChI=1S/C29H37N5O2/c1-10-11-20(17-30-8)26(35)32-29(6,7)21-13-12-19(2)22(16-21)23-14-15-24-25(31-23)33(9)27(36)34(24)18-28(3,4)5/h10-17H,1,18H2,2-9H3,(H,32,35). The number of allylic oxidation sites excluding steroid dienone is 2. The molecule has 0 fully saturated rings. The van der Waals surface area contributed by atoms with E-state index in [-0.39, 0.29) is 17.0 Å². The van der Waals surface area contributed by atoms with Crippen LogP contribution in [0.4, 0.5) is 0 Å². The van der Waals surface area contributed by atoms with Crippen LogP contribution < -0.4 is 11.0 Å². The van der Waals surface area contributed by atoms with E-state index in [9.17, 15) is 9.59 Å². The lowest BCUT2D eigenvalue weighted by atomic mass is 9.90. The van der Waals surface area contributed by atoms with Crippen LogP contribution in [0.3, 0.4) is 0 Å². The fraction of sp³-hybridized carbons (Fsp3) is 0.379. The Kier molecular flexibility index (Phi) is 7.53. The number of benzene rings is 1. The first-order chi connectivity index (χ1) is 16.8. The quantitative estimate of drug-likeness (QED) is 0.292. The van der Waals surface area contributed by atoms with E-state index >= 15 is 0 Å². The van der Waals surface area contributed by atoms with E-state index in [1.807, 2.05) is 45.0 Å². The monoisotopic (exact) mass is 487 g/mol. The van der Waals surface area contributed by atoms with E-state index in [0.717, 1.165) is 27.9 Å². The molecule has 0 unspecified atom stereocenters. The van der Waals surface area contributed by atoms with Gasteiger partial charge in [-0.05, 0) is 61.6 Å². The summed E-state index contributed by atoms with van der Waals surface area (Å²) in [6.07, 6.45) is 4.72. The molecular formula is C29H37N5O2. The number of carbonyl (C=O) groups is 1. The maximum atomic E-state index is 12.9. The molecule has 0 saturated carbocycles. The summed E-state index contributed by atoms with van der Waals surface area (Å²) in [6.45, 7) is 16.6. The Morgan fingerprint density at radius 1 is 1.17 bits per heavy atom. The molecule has 0 atom stereocenters. The molecule has 0 bridgehead atoms. The van der Waals surface area contributed by atoms with E-state index in [0.29, 0.717) is 17.8 Å². The summed E-state index contributed by atoms with van der Waals surface area (Å²) >= 11 is 0. The van der Waals surface area contributed by atoms with Gasteiger partial charge in [0.1, 0.15) is 0 Å². The Morgan fingerprint density at radius 2 is 1.86 bits per heavy atom. The number of amides is 1. The molecule has 3 rings (SSSR count). The summed E-state index contributed by atoms with van der Waals surface area (Å²) < 4.78 is 3.40. The molecule has 190 valence electrons. The smallest absolute Gasteiger partial charge is 0.330 e. The summed E-state index contributed by atoms with van der Waals surface area (Å²) in [7, 11) is 3.38. The summed E-state index contributed by atoms with van der Waals surface area (Å²) in [5, 5.41) is 3.10. The second-order valence-corrected chi connectivity index (χ2v) is 10.9. The van der Waals surface area contributed by atoms with Gasteiger partial charge in [0.05, 0.1) is 22.3 Å². The molecule has 0 aliphatic rings. The van der Waals surface area contributed by atoms with Crippen molar-refractivity contribution in [3.8, 4) is 11.3 Å². The van der Waals surface area contributed by atoms with Crippen molar-refractivity contribution in [2.24, 2.45) is 17.5 Å². The van der Waals surface area contributed by atoms with Crippen molar-refractivity contribution in [2.75, 3.05) is 7.05 Å². The average molecular weight is 488 g/mol. The van der Waals surface area contributed by atoms with E-state index < -0.39 is 5.54 Å². The molecule has 0 aliphatic heterocycles. The second-order valence-electron chi connectivity index (χ2n) is 10.9. The third kappa shape index (κ3) is 5.56. The van der Waals surface area contributed by atoms with Crippen molar-refractivity contribution in [1.82, 2.24) is 19.4 Å². The van der Waals surface area contributed by atoms with Crippen LogP contribution >= 0.6 is 0 Å². The minimum absolute atomic E-state index is 0.0403. The highest BCUT2D eigenvalue weighted by Crippen LogP contribution is 2.30. The molecule has 2 heterocycles. The Hall–Kier alpha value is -3.74. The predicted octanol–water partition coefficient (Wildman–Crippen LogP) is 4.92. The maximum Gasteiger partial charge on any atom is 0.330 e. The minimum atomic E-state index is -0.658. The van der Waals surface area contributed by atoms with Crippen molar-refractivity contribution in [3.05, 3.63) is 76.2 Å². The highest BCUT2D eigenvalue weighted by atomic mass is 16.2. The van der Waals surface area contributed by atoms with Gasteiger partial charge in [-0.15, -0.1) is 0 Å². The zero-order chi connectivity index (χ0) is 26.8. The van der Waals surface area contributed by atoms with E-state index in [1.54, 1.807) is 35.4 Å². The van der Waals surface area contributed by atoms with Crippen LogP contribution in [0.1, 0.15) is 45.7 Å². The largest absolute Gasteiger partial charge is 0.343 e. The fourth-order valence-electron chi connectivity index (χ4n) is 4.21. The number of aliphatic imine (C=N–C) groups is 1. The molecule has 1 amide bonds. The summed E-state index contributed by atoms with van der Waals surface area (Å²) in [4.78, 5) is 34.7. The Bertz CT molecular complexity index is 1430. The molecule has 7 heteroatoms. The number of fused-ring (bicyclic) bond motifs is 1. The maximum absolute atomic E-state index is 12.9. The highest BCUT2D eigenvalue weighted by molar-refractivity contribution is 6.12. The van der Waals surface area contributed by atoms with Gasteiger partial charge in [0.25, 0.3) is 5.91 Å². The molecule has 0 aliphatic carbocycles. The highest BCUT2D eigenvalue weighted by Gasteiger charge is 2.25. The number of nitrogens with zero attached hydrogens (tertiary/aromatic N) is 4. The Balaban J connectivity index is 2.05.